The highest BCUT2D eigenvalue weighted by atomic mass is 79.9. The van der Waals surface area contributed by atoms with E-state index in [0.29, 0.717) is 17.8 Å². The lowest BCUT2D eigenvalue weighted by Gasteiger charge is -2.06. The van der Waals surface area contributed by atoms with E-state index in [1.54, 1.807) is 22.8 Å². The van der Waals surface area contributed by atoms with Gasteiger partial charge in [-0.25, -0.2) is 0 Å². The minimum absolute atomic E-state index is 0.166. The molecular formula is C14H12BrN3O. The molecule has 4 nitrogen and oxygen atoms in total. The number of hydrogen-bond donors (Lipinski definition) is 1. The summed E-state index contributed by atoms with van der Waals surface area (Å²) in [6.45, 7) is 0. The van der Waals surface area contributed by atoms with Gasteiger partial charge >= 0.3 is 0 Å². The fourth-order valence-corrected chi connectivity index (χ4v) is 2.27. The summed E-state index contributed by atoms with van der Waals surface area (Å²) in [5.74, 6) is -0.166. The van der Waals surface area contributed by atoms with Gasteiger partial charge in [0, 0.05) is 23.4 Å². The van der Waals surface area contributed by atoms with Crippen molar-refractivity contribution < 1.29 is 4.79 Å². The van der Waals surface area contributed by atoms with E-state index in [1.807, 2.05) is 25.4 Å². The first-order valence-electron chi connectivity index (χ1n) is 5.69. The molecule has 0 unspecified atom stereocenters. The molecule has 1 aromatic carbocycles. The third kappa shape index (κ3) is 3.24. The molecule has 2 aromatic rings. The van der Waals surface area contributed by atoms with E-state index in [2.05, 4.69) is 27.3 Å². The molecule has 0 saturated carbocycles. The summed E-state index contributed by atoms with van der Waals surface area (Å²) >= 11 is 3.33. The predicted octanol–water partition coefficient (Wildman–Crippen LogP) is 3.11. The molecule has 19 heavy (non-hydrogen) atoms. The van der Waals surface area contributed by atoms with Gasteiger partial charge < -0.3 is 9.88 Å². The maximum atomic E-state index is 12.1. The van der Waals surface area contributed by atoms with Crippen LogP contribution in [0, 0.1) is 11.3 Å². The molecule has 0 aliphatic heterocycles. The van der Waals surface area contributed by atoms with Crippen molar-refractivity contribution in [2.45, 2.75) is 6.42 Å². The average Bonchev–Trinajstić information content (AvgIpc) is 2.71. The summed E-state index contributed by atoms with van der Waals surface area (Å²) in [5, 5.41) is 11.4. The highest BCUT2D eigenvalue weighted by Gasteiger charge is 2.11. The maximum Gasteiger partial charge on any atom is 0.272 e. The van der Waals surface area contributed by atoms with Crippen LogP contribution in [0.4, 0.5) is 5.69 Å². The Bertz CT molecular complexity index is 638. The maximum absolute atomic E-state index is 12.1. The second kappa shape index (κ2) is 5.72. The van der Waals surface area contributed by atoms with Gasteiger partial charge in [-0.05, 0) is 39.7 Å². The van der Waals surface area contributed by atoms with E-state index in [-0.39, 0.29) is 5.91 Å². The smallest absolute Gasteiger partial charge is 0.272 e. The van der Waals surface area contributed by atoms with E-state index in [9.17, 15) is 4.79 Å². The highest BCUT2D eigenvalue weighted by Crippen LogP contribution is 2.16. The van der Waals surface area contributed by atoms with Gasteiger partial charge in [0.05, 0.1) is 12.5 Å². The number of anilines is 1. The van der Waals surface area contributed by atoms with Crippen LogP contribution in [0.3, 0.4) is 0 Å². The fraction of sp³-hybridized carbons (Fsp3) is 0.143. The number of nitriles is 1. The second-order valence-electron chi connectivity index (χ2n) is 4.14. The Kier molecular flexibility index (Phi) is 4.03. The van der Waals surface area contributed by atoms with Crippen molar-refractivity contribution in [1.82, 2.24) is 4.57 Å². The van der Waals surface area contributed by atoms with Gasteiger partial charge in [0.25, 0.3) is 5.91 Å². The van der Waals surface area contributed by atoms with Crippen LogP contribution >= 0.6 is 15.9 Å². The summed E-state index contributed by atoms with van der Waals surface area (Å²) < 4.78 is 2.62. The van der Waals surface area contributed by atoms with E-state index in [1.165, 1.54) is 0 Å². The Hall–Kier alpha value is -2.06. The summed E-state index contributed by atoms with van der Waals surface area (Å²) in [4.78, 5) is 12.1. The van der Waals surface area contributed by atoms with Crippen molar-refractivity contribution in [1.29, 1.82) is 5.26 Å². The standard InChI is InChI=1S/C14H12BrN3O/c1-18-9-11(15)8-13(18)14(19)17-12-4-2-10(3-5-12)6-7-16/h2-5,8-9H,6H2,1H3,(H,17,19). The molecule has 0 aliphatic carbocycles. The molecule has 1 amide bonds. The highest BCUT2D eigenvalue weighted by molar-refractivity contribution is 9.10. The number of nitrogens with one attached hydrogen (secondary N) is 1. The summed E-state index contributed by atoms with van der Waals surface area (Å²) in [6, 6.07) is 11.1. The van der Waals surface area contributed by atoms with Gasteiger partial charge in [-0.3, -0.25) is 4.79 Å². The van der Waals surface area contributed by atoms with E-state index in [4.69, 9.17) is 5.26 Å². The molecule has 0 bridgehead atoms. The Morgan fingerprint density at radius 1 is 1.42 bits per heavy atom. The zero-order valence-electron chi connectivity index (χ0n) is 10.4. The molecule has 1 aromatic heterocycles. The largest absolute Gasteiger partial charge is 0.345 e. The van der Waals surface area contributed by atoms with Gasteiger partial charge in [0.1, 0.15) is 5.69 Å². The average molecular weight is 318 g/mol. The van der Waals surface area contributed by atoms with Gasteiger partial charge in [-0.2, -0.15) is 5.26 Å². The Labute approximate surface area is 119 Å². The van der Waals surface area contributed by atoms with Crippen LogP contribution in [-0.2, 0) is 13.5 Å². The van der Waals surface area contributed by atoms with Crippen molar-refractivity contribution in [2.75, 3.05) is 5.32 Å². The van der Waals surface area contributed by atoms with Crippen molar-refractivity contribution in [2.24, 2.45) is 7.05 Å². The number of benzene rings is 1. The predicted molar refractivity (Wildman–Crippen MR) is 76.8 cm³/mol. The van der Waals surface area contributed by atoms with Crippen LogP contribution in [0.1, 0.15) is 16.1 Å². The Morgan fingerprint density at radius 3 is 2.63 bits per heavy atom. The summed E-state index contributed by atoms with van der Waals surface area (Å²) in [5.41, 5.74) is 2.22. The van der Waals surface area contributed by atoms with Crippen LogP contribution in [0.5, 0.6) is 0 Å². The molecule has 0 saturated heterocycles. The van der Waals surface area contributed by atoms with Gasteiger partial charge in [-0.15, -0.1) is 0 Å². The van der Waals surface area contributed by atoms with Crippen molar-refractivity contribution in [3.63, 3.8) is 0 Å². The number of amides is 1. The molecule has 96 valence electrons. The van der Waals surface area contributed by atoms with Crippen LogP contribution < -0.4 is 5.32 Å². The number of aryl methyl sites for hydroxylation is 1. The molecule has 0 aliphatic rings. The van der Waals surface area contributed by atoms with E-state index < -0.39 is 0 Å². The van der Waals surface area contributed by atoms with Crippen LogP contribution in [0.15, 0.2) is 41.0 Å². The molecule has 0 fully saturated rings. The van der Waals surface area contributed by atoms with Crippen molar-refractivity contribution >= 4 is 27.5 Å². The normalized spacial score (nSPS) is 9.95. The molecular weight excluding hydrogens is 306 g/mol. The third-order valence-corrected chi connectivity index (χ3v) is 3.13. The van der Waals surface area contributed by atoms with Gasteiger partial charge in [0.2, 0.25) is 0 Å². The van der Waals surface area contributed by atoms with Crippen LogP contribution in [0.25, 0.3) is 0 Å². The van der Waals surface area contributed by atoms with Crippen molar-refractivity contribution in [3.05, 3.63) is 52.3 Å². The topological polar surface area (TPSA) is 57.8 Å². The first-order chi connectivity index (χ1) is 9.10. The molecule has 0 spiro atoms. The number of rotatable bonds is 3. The van der Waals surface area contributed by atoms with Crippen LogP contribution in [0.2, 0.25) is 0 Å². The zero-order valence-corrected chi connectivity index (χ0v) is 11.9. The van der Waals surface area contributed by atoms with Gasteiger partial charge in [-0.1, -0.05) is 12.1 Å². The number of nitrogens with zero attached hydrogens (tertiary/aromatic N) is 2. The molecule has 5 heteroatoms. The summed E-state index contributed by atoms with van der Waals surface area (Å²) in [7, 11) is 1.82. The lowest BCUT2D eigenvalue weighted by molar-refractivity contribution is 0.101. The quantitative estimate of drug-likeness (QED) is 0.945. The molecule has 1 N–H and O–H groups in total. The molecule has 0 atom stereocenters. The Balaban J connectivity index is 2.11. The molecule has 1 heterocycles. The van der Waals surface area contributed by atoms with Crippen molar-refractivity contribution in [3.8, 4) is 6.07 Å². The zero-order chi connectivity index (χ0) is 13.8. The lowest BCUT2D eigenvalue weighted by Crippen LogP contribution is -2.15. The van der Waals surface area contributed by atoms with Crippen LogP contribution in [-0.4, -0.2) is 10.5 Å². The second-order valence-corrected chi connectivity index (χ2v) is 5.06. The number of halogens is 1. The third-order valence-electron chi connectivity index (χ3n) is 2.70. The Morgan fingerprint density at radius 2 is 2.11 bits per heavy atom. The monoisotopic (exact) mass is 317 g/mol. The first kappa shape index (κ1) is 13.4. The number of hydrogen-bond acceptors (Lipinski definition) is 2. The number of carbonyl (C=O) groups excluding carboxylic acids is 1. The minimum Gasteiger partial charge on any atom is -0.345 e. The molecule has 0 radical (unpaired) electrons. The minimum atomic E-state index is -0.166. The first-order valence-corrected chi connectivity index (χ1v) is 6.48. The van der Waals surface area contributed by atoms with E-state index in [0.717, 1.165) is 10.0 Å². The fourth-order valence-electron chi connectivity index (χ4n) is 1.74. The number of aromatic nitrogens is 1. The summed E-state index contributed by atoms with van der Waals surface area (Å²) in [6.07, 6.45) is 2.20. The molecule has 2 rings (SSSR count). The lowest BCUT2D eigenvalue weighted by atomic mass is 10.1. The SMILES string of the molecule is Cn1cc(Br)cc1C(=O)Nc1ccc(CC#N)cc1. The van der Waals surface area contributed by atoms with E-state index >= 15 is 0 Å². The van der Waals surface area contributed by atoms with Gasteiger partial charge in [0.15, 0.2) is 0 Å². The number of carbonyl (C=O) groups is 1.